The minimum atomic E-state index is -0.176. The Morgan fingerprint density at radius 2 is 2.03 bits per heavy atom. The number of furan rings is 1. The molecule has 1 aliphatic carbocycles. The molecule has 0 atom stereocenters. The summed E-state index contributed by atoms with van der Waals surface area (Å²) in [7, 11) is 0. The molecule has 1 fully saturated rings. The summed E-state index contributed by atoms with van der Waals surface area (Å²) in [5, 5.41) is 3.90. The summed E-state index contributed by atoms with van der Waals surface area (Å²) in [5.74, 6) is 2.19. The maximum absolute atomic E-state index is 13.1. The molecule has 0 spiro atoms. The van der Waals surface area contributed by atoms with Gasteiger partial charge in [0.1, 0.15) is 10.3 Å². The van der Waals surface area contributed by atoms with Crippen LogP contribution in [0.5, 0.6) is 0 Å². The normalized spacial score (nSPS) is 13.9. The molecule has 4 heterocycles. The Kier molecular flexibility index (Phi) is 3.97. The van der Waals surface area contributed by atoms with Crippen LogP contribution in [-0.2, 0) is 0 Å². The van der Waals surface area contributed by atoms with Crippen LogP contribution >= 0.6 is 11.3 Å². The van der Waals surface area contributed by atoms with Crippen LogP contribution in [0.2, 0.25) is 0 Å². The number of thiophene rings is 1. The van der Waals surface area contributed by atoms with E-state index in [-0.39, 0.29) is 5.91 Å². The van der Waals surface area contributed by atoms with Gasteiger partial charge < -0.3 is 14.2 Å². The summed E-state index contributed by atoms with van der Waals surface area (Å²) in [6.07, 6.45) is 3.85. The molecule has 0 saturated heterocycles. The van der Waals surface area contributed by atoms with Crippen LogP contribution in [0.25, 0.3) is 32.9 Å². The Hall–Kier alpha value is -3.52. The van der Waals surface area contributed by atoms with Crippen molar-refractivity contribution >= 4 is 44.2 Å². The average molecular weight is 430 g/mol. The van der Waals surface area contributed by atoms with E-state index in [9.17, 15) is 4.79 Å². The predicted molar refractivity (Wildman–Crippen MR) is 119 cm³/mol. The monoisotopic (exact) mass is 430 g/mol. The van der Waals surface area contributed by atoms with Crippen molar-refractivity contribution in [3.8, 4) is 11.6 Å². The van der Waals surface area contributed by atoms with Crippen molar-refractivity contribution in [1.82, 2.24) is 15.0 Å². The van der Waals surface area contributed by atoms with Gasteiger partial charge in [-0.3, -0.25) is 4.79 Å². The lowest BCUT2D eigenvalue weighted by Gasteiger charge is -2.04. The molecule has 31 heavy (non-hydrogen) atoms. The summed E-state index contributed by atoms with van der Waals surface area (Å²) >= 11 is 1.36. The molecule has 4 aromatic heterocycles. The SMILES string of the molecule is Cc1nc(-c2ccco2)nc2sc(C(=O)Nc3ccc4oc(C5CC5)nc4c3)c(C)c12. The first-order valence-electron chi connectivity index (χ1n) is 10.1. The van der Waals surface area contributed by atoms with Gasteiger partial charge in [0.05, 0.1) is 16.8 Å². The third kappa shape index (κ3) is 3.11. The number of nitrogens with one attached hydrogen (secondary N) is 1. The number of aryl methyl sites for hydroxylation is 2. The highest BCUT2D eigenvalue weighted by molar-refractivity contribution is 7.20. The van der Waals surface area contributed by atoms with Gasteiger partial charge in [-0.25, -0.2) is 15.0 Å². The van der Waals surface area contributed by atoms with Gasteiger partial charge in [0.2, 0.25) is 0 Å². The van der Waals surface area contributed by atoms with Crippen LogP contribution in [0, 0.1) is 13.8 Å². The van der Waals surface area contributed by atoms with E-state index < -0.39 is 0 Å². The Morgan fingerprint density at radius 3 is 2.81 bits per heavy atom. The Labute approximate surface area is 181 Å². The Bertz CT molecular complexity index is 1460. The second kappa shape index (κ2) is 6.75. The van der Waals surface area contributed by atoms with Crippen molar-refractivity contribution in [3.63, 3.8) is 0 Å². The molecule has 0 aliphatic heterocycles. The van der Waals surface area contributed by atoms with Crippen LogP contribution in [0.15, 0.2) is 45.4 Å². The number of hydrogen-bond acceptors (Lipinski definition) is 7. The molecule has 7 nitrogen and oxygen atoms in total. The first-order chi connectivity index (χ1) is 15.1. The number of fused-ring (bicyclic) bond motifs is 2. The molecule has 0 unspecified atom stereocenters. The highest BCUT2D eigenvalue weighted by atomic mass is 32.1. The number of carbonyl (C=O) groups is 1. The largest absolute Gasteiger partial charge is 0.461 e. The van der Waals surface area contributed by atoms with Crippen molar-refractivity contribution in [2.24, 2.45) is 0 Å². The number of hydrogen-bond donors (Lipinski definition) is 1. The summed E-state index contributed by atoms with van der Waals surface area (Å²) < 4.78 is 11.2. The van der Waals surface area contributed by atoms with E-state index in [1.807, 2.05) is 38.1 Å². The zero-order valence-electron chi connectivity index (χ0n) is 16.9. The minimum absolute atomic E-state index is 0.176. The van der Waals surface area contributed by atoms with E-state index in [4.69, 9.17) is 8.83 Å². The quantitative estimate of drug-likeness (QED) is 0.385. The second-order valence-electron chi connectivity index (χ2n) is 7.81. The fourth-order valence-corrected chi connectivity index (χ4v) is 4.91. The zero-order chi connectivity index (χ0) is 21.1. The number of rotatable bonds is 4. The number of anilines is 1. The second-order valence-corrected chi connectivity index (χ2v) is 8.81. The third-order valence-electron chi connectivity index (χ3n) is 5.51. The smallest absolute Gasteiger partial charge is 0.266 e. The summed E-state index contributed by atoms with van der Waals surface area (Å²) in [6.45, 7) is 3.85. The van der Waals surface area contributed by atoms with Crippen LogP contribution < -0.4 is 5.32 Å². The summed E-state index contributed by atoms with van der Waals surface area (Å²) in [5.41, 5.74) is 3.89. The number of benzene rings is 1. The number of oxazole rings is 1. The van der Waals surface area contributed by atoms with Gasteiger partial charge in [-0.1, -0.05) is 0 Å². The number of carbonyl (C=O) groups excluding carboxylic acids is 1. The van der Waals surface area contributed by atoms with Crippen molar-refractivity contribution < 1.29 is 13.6 Å². The summed E-state index contributed by atoms with van der Waals surface area (Å²) in [6, 6.07) is 9.17. The number of nitrogens with zero attached hydrogens (tertiary/aromatic N) is 3. The Balaban J connectivity index is 1.33. The van der Waals surface area contributed by atoms with Gasteiger partial charge >= 0.3 is 0 Å². The molecular weight excluding hydrogens is 412 g/mol. The molecule has 6 rings (SSSR count). The molecular formula is C23H18N4O3S. The first kappa shape index (κ1) is 18.3. The van der Waals surface area contributed by atoms with Gasteiger partial charge in [0.15, 0.2) is 23.1 Å². The van der Waals surface area contributed by atoms with Crippen LogP contribution in [0.4, 0.5) is 5.69 Å². The summed E-state index contributed by atoms with van der Waals surface area (Å²) in [4.78, 5) is 28.2. The predicted octanol–water partition coefficient (Wildman–Crippen LogP) is 5.84. The van der Waals surface area contributed by atoms with E-state index in [1.54, 1.807) is 12.3 Å². The van der Waals surface area contributed by atoms with Gasteiger partial charge in [0, 0.05) is 17.0 Å². The van der Waals surface area contributed by atoms with E-state index in [1.165, 1.54) is 11.3 Å². The maximum atomic E-state index is 13.1. The average Bonchev–Trinajstić information content (AvgIpc) is 3.15. The topological polar surface area (TPSA) is 94.0 Å². The molecule has 1 N–H and O–H groups in total. The molecule has 1 aromatic carbocycles. The lowest BCUT2D eigenvalue weighted by Crippen LogP contribution is -2.11. The molecule has 0 bridgehead atoms. The highest BCUT2D eigenvalue weighted by Crippen LogP contribution is 2.41. The minimum Gasteiger partial charge on any atom is -0.461 e. The van der Waals surface area contributed by atoms with Crippen LogP contribution in [0.1, 0.15) is 45.6 Å². The maximum Gasteiger partial charge on any atom is 0.266 e. The van der Waals surface area contributed by atoms with E-state index in [2.05, 4.69) is 20.3 Å². The molecule has 8 heteroatoms. The molecule has 1 saturated carbocycles. The zero-order valence-corrected chi connectivity index (χ0v) is 17.7. The van der Waals surface area contributed by atoms with Crippen molar-refractivity contribution in [2.75, 3.05) is 5.32 Å². The fourth-order valence-electron chi connectivity index (χ4n) is 3.79. The van der Waals surface area contributed by atoms with Gasteiger partial charge in [-0.15, -0.1) is 11.3 Å². The van der Waals surface area contributed by atoms with Crippen molar-refractivity contribution in [1.29, 1.82) is 0 Å². The van der Waals surface area contributed by atoms with Gasteiger partial charge in [0.25, 0.3) is 5.91 Å². The van der Waals surface area contributed by atoms with Crippen LogP contribution in [-0.4, -0.2) is 20.9 Å². The first-order valence-corrected chi connectivity index (χ1v) is 10.9. The lowest BCUT2D eigenvalue weighted by atomic mass is 10.1. The third-order valence-corrected chi connectivity index (χ3v) is 6.69. The van der Waals surface area contributed by atoms with E-state index in [0.29, 0.717) is 28.1 Å². The number of amides is 1. The van der Waals surface area contributed by atoms with Gasteiger partial charge in [-0.2, -0.15) is 0 Å². The lowest BCUT2D eigenvalue weighted by molar-refractivity contribution is 0.103. The highest BCUT2D eigenvalue weighted by Gasteiger charge is 2.29. The van der Waals surface area contributed by atoms with Crippen LogP contribution in [0.3, 0.4) is 0 Å². The van der Waals surface area contributed by atoms with E-state index >= 15 is 0 Å². The van der Waals surface area contributed by atoms with Crippen molar-refractivity contribution in [3.05, 3.63) is 58.6 Å². The fraction of sp³-hybridized carbons (Fsp3) is 0.217. The molecule has 154 valence electrons. The molecule has 0 radical (unpaired) electrons. The van der Waals surface area contributed by atoms with Gasteiger partial charge in [-0.05, 0) is 62.6 Å². The Morgan fingerprint density at radius 1 is 1.16 bits per heavy atom. The standard InChI is InChI=1S/C23H18N4O3S/c1-11-18-12(2)24-20(17-4-3-9-29-17)27-23(18)31-19(11)21(28)25-14-7-8-16-15(10-14)26-22(30-16)13-5-6-13/h3-4,7-10,13H,5-6H2,1-2H3,(H,25,28). The van der Waals surface area contributed by atoms with Crippen molar-refractivity contribution in [2.45, 2.75) is 32.6 Å². The van der Waals surface area contributed by atoms with E-state index in [0.717, 1.165) is 51.3 Å². The number of aromatic nitrogens is 3. The molecule has 5 aromatic rings. The molecule has 1 amide bonds. The molecule has 1 aliphatic rings.